The third kappa shape index (κ3) is 5.34. The van der Waals surface area contributed by atoms with Crippen molar-refractivity contribution in [1.29, 1.82) is 0 Å². The van der Waals surface area contributed by atoms with Gasteiger partial charge in [-0.25, -0.2) is 9.97 Å². The van der Waals surface area contributed by atoms with Gasteiger partial charge in [0, 0.05) is 25.0 Å². The van der Waals surface area contributed by atoms with Crippen molar-refractivity contribution >= 4 is 17.5 Å². The lowest BCUT2D eigenvalue weighted by Gasteiger charge is -2.11. The largest absolute Gasteiger partial charge is 0.349 e. The normalized spacial score (nSPS) is 10.7. The lowest BCUT2D eigenvalue weighted by molar-refractivity contribution is 0.0946. The highest BCUT2D eigenvalue weighted by atomic mass is 16.1. The van der Waals surface area contributed by atoms with E-state index in [-0.39, 0.29) is 5.91 Å². The van der Waals surface area contributed by atoms with Crippen LogP contribution >= 0.6 is 0 Å². The molecule has 0 aliphatic rings. The van der Waals surface area contributed by atoms with Crippen molar-refractivity contribution in [2.24, 2.45) is 0 Å². The van der Waals surface area contributed by atoms with Crippen LogP contribution in [0, 0.1) is 13.8 Å². The topological polar surface area (TPSA) is 70.2 Å². The molecule has 0 aliphatic heterocycles. The van der Waals surface area contributed by atoms with Gasteiger partial charge in [0.2, 0.25) is 5.95 Å². The van der Waals surface area contributed by atoms with Crippen molar-refractivity contribution in [2.45, 2.75) is 13.8 Å². The summed E-state index contributed by atoms with van der Waals surface area (Å²) in [5, 5.41) is 5.99. The molecule has 0 saturated heterocycles. The number of likely N-dealkylation sites (N-methyl/N-ethyl adjacent to an activating group) is 1. The number of benzene rings is 1. The first-order valence-electron chi connectivity index (χ1n) is 7.55. The Morgan fingerprint density at radius 3 is 2.52 bits per heavy atom. The van der Waals surface area contributed by atoms with Crippen molar-refractivity contribution in [3.05, 3.63) is 47.3 Å². The van der Waals surface area contributed by atoms with Crippen molar-refractivity contribution in [1.82, 2.24) is 20.2 Å². The summed E-state index contributed by atoms with van der Waals surface area (Å²) < 4.78 is 0. The van der Waals surface area contributed by atoms with Crippen molar-refractivity contribution < 1.29 is 4.79 Å². The van der Waals surface area contributed by atoms with Crippen LogP contribution in [0.3, 0.4) is 0 Å². The minimum atomic E-state index is -0.197. The van der Waals surface area contributed by atoms with Crippen LogP contribution in [0.15, 0.2) is 30.5 Å². The zero-order chi connectivity index (χ0) is 16.8. The van der Waals surface area contributed by atoms with Gasteiger partial charge < -0.3 is 15.5 Å². The van der Waals surface area contributed by atoms with Crippen LogP contribution in [0.25, 0.3) is 0 Å². The van der Waals surface area contributed by atoms with Crippen molar-refractivity contribution in [2.75, 3.05) is 32.5 Å². The monoisotopic (exact) mass is 313 g/mol. The number of hydrogen-bond acceptors (Lipinski definition) is 5. The number of carbonyl (C=O) groups excluding carboxylic acids is 1. The first-order chi connectivity index (χ1) is 10.9. The molecule has 0 saturated carbocycles. The molecule has 1 heterocycles. The van der Waals surface area contributed by atoms with Gasteiger partial charge in [0.25, 0.3) is 5.91 Å². The summed E-state index contributed by atoms with van der Waals surface area (Å²) in [6, 6.07) is 7.73. The van der Waals surface area contributed by atoms with Gasteiger partial charge in [-0.05, 0) is 57.3 Å². The zero-order valence-corrected chi connectivity index (χ0v) is 14.1. The molecule has 122 valence electrons. The van der Waals surface area contributed by atoms with E-state index < -0.39 is 0 Å². The van der Waals surface area contributed by atoms with Crippen LogP contribution in [-0.2, 0) is 0 Å². The van der Waals surface area contributed by atoms with Crippen LogP contribution in [0.1, 0.15) is 21.6 Å². The Morgan fingerprint density at radius 2 is 1.87 bits per heavy atom. The van der Waals surface area contributed by atoms with Crippen LogP contribution < -0.4 is 10.6 Å². The lowest BCUT2D eigenvalue weighted by atomic mass is 10.1. The molecule has 0 radical (unpaired) electrons. The Morgan fingerprint density at radius 1 is 1.17 bits per heavy atom. The summed E-state index contributed by atoms with van der Waals surface area (Å²) in [5.41, 5.74) is 3.58. The smallest absolute Gasteiger partial charge is 0.270 e. The second-order valence-electron chi connectivity index (χ2n) is 5.83. The number of aryl methyl sites for hydroxylation is 2. The van der Waals surface area contributed by atoms with Gasteiger partial charge in [-0.15, -0.1) is 0 Å². The molecule has 2 aromatic rings. The molecule has 1 amide bonds. The Balaban J connectivity index is 2.05. The number of rotatable bonds is 6. The van der Waals surface area contributed by atoms with Gasteiger partial charge in [0.05, 0.1) is 0 Å². The summed E-state index contributed by atoms with van der Waals surface area (Å²) in [7, 11) is 3.92. The Labute approximate surface area is 137 Å². The van der Waals surface area contributed by atoms with E-state index in [1.807, 2.05) is 45.0 Å². The molecule has 0 bridgehead atoms. The fraction of sp³-hybridized carbons (Fsp3) is 0.353. The van der Waals surface area contributed by atoms with E-state index in [1.54, 1.807) is 12.3 Å². The summed E-state index contributed by atoms with van der Waals surface area (Å²) in [6.45, 7) is 5.43. The molecule has 2 rings (SSSR count). The molecule has 0 unspecified atom stereocenters. The number of nitrogens with one attached hydrogen (secondary N) is 2. The maximum absolute atomic E-state index is 12.1. The third-order valence-corrected chi connectivity index (χ3v) is 3.21. The third-order valence-electron chi connectivity index (χ3n) is 3.21. The van der Waals surface area contributed by atoms with Gasteiger partial charge in [-0.2, -0.15) is 0 Å². The van der Waals surface area contributed by atoms with E-state index in [4.69, 9.17) is 0 Å². The molecule has 0 atom stereocenters. The number of hydrogen-bond donors (Lipinski definition) is 2. The fourth-order valence-electron chi connectivity index (χ4n) is 2.20. The molecule has 2 N–H and O–H groups in total. The van der Waals surface area contributed by atoms with Crippen molar-refractivity contribution in [3.63, 3.8) is 0 Å². The molecule has 0 spiro atoms. The Kier molecular flexibility index (Phi) is 5.65. The van der Waals surface area contributed by atoms with Gasteiger partial charge in [-0.1, -0.05) is 6.07 Å². The lowest BCUT2D eigenvalue weighted by Crippen LogP contribution is -2.31. The standard InChI is InChI=1S/C17H23N5O/c1-12-9-13(2)11-14(10-12)20-17-19-6-5-15(21-17)16(23)18-7-8-22(3)4/h5-6,9-11H,7-8H2,1-4H3,(H,18,23)(H,19,20,21). The SMILES string of the molecule is Cc1cc(C)cc(Nc2nccc(C(=O)NCCN(C)C)n2)c1. The van der Waals surface area contributed by atoms with E-state index in [0.717, 1.165) is 23.4 Å². The van der Waals surface area contributed by atoms with E-state index in [2.05, 4.69) is 26.7 Å². The number of carbonyl (C=O) groups is 1. The highest BCUT2D eigenvalue weighted by Crippen LogP contribution is 2.17. The Bertz CT molecular complexity index is 664. The number of amides is 1. The van der Waals surface area contributed by atoms with Crippen LogP contribution in [-0.4, -0.2) is 48.0 Å². The molecule has 0 fully saturated rings. The van der Waals surface area contributed by atoms with E-state index in [9.17, 15) is 4.79 Å². The summed E-state index contributed by atoms with van der Waals surface area (Å²) in [6.07, 6.45) is 1.58. The molecule has 1 aromatic carbocycles. The van der Waals surface area contributed by atoms with E-state index >= 15 is 0 Å². The second kappa shape index (κ2) is 7.69. The minimum Gasteiger partial charge on any atom is -0.349 e. The number of aromatic nitrogens is 2. The van der Waals surface area contributed by atoms with Gasteiger partial charge in [0.1, 0.15) is 5.69 Å². The van der Waals surface area contributed by atoms with Gasteiger partial charge >= 0.3 is 0 Å². The Hall–Kier alpha value is -2.47. The van der Waals surface area contributed by atoms with Crippen LogP contribution in [0.2, 0.25) is 0 Å². The minimum absolute atomic E-state index is 0.197. The summed E-state index contributed by atoms with van der Waals surface area (Å²) in [5.74, 6) is 0.216. The number of nitrogens with zero attached hydrogens (tertiary/aromatic N) is 3. The summed E-state index contributed by atoms with van der Waals surface area (Å²) in [4.78, 5) is 22.6. The van der Waals surface area contributed by atoms with Gasteiger partial charge in [-0.3, -0.25) is 4.79 Å². The fourth-order valence-corrected chi connectivity index (χ4v) is 2.20. The molecule has 0 aliphatic carbocycles. The van der Waals surface area contributed by atoms with E-state index in [0.29, 0.717) is 18.2 Å². The highest BCUT2D eigenvalue weighted by molar-refractivity contribution is 5.92. The zero-order valence-electron chi connectivity index (χ0n) is 14.1. The molecule has 23 heavy (non-hydrogen) atoms. The molecule has 6 heteroatoms. The molecular formula is C17H23N5O. The maximum Gasteiger partial charge on any atom is 0.270 e. The maximum atomic E-state index is 12.1. The predicted molar refractivity (Wildman–Crippen MR) is 92.1 cm³/mol. The first-order valence-corrected chi connectivity index (χ1v) is 7.55. The molecule has 1 aromatic heterocycles. The van der Waals surface area contributed by atoms with Gasteiger partial charge in [0.15, 0.2) is 0 Å². The first kappa shape index (κ1) is 16.9. The van der Waals surface area contributed by atoms with Crippen LogP contribution in [0.4, 0.5) is 11.6 Å². The van der Waals surface area contributed by atoms with Crippen molar-refractivity contribution in [3.8, 4) is 0 Å². The molecule has 6 nitrogen and oxygen atoms in total. The second-order valence-corrected chi connectivity index (χ2v) is 5.83. The highest BCUT2D eigenvalue weighted by Gasteiger charge is 2.08. The summed E-state index contributed by atoms with van der Waals surface area (Å²) >= 11 is 0. The molecular weight excluding hydrogens is 290 g/mol. The average molecular weight is 313 g/mol. The van der Waals surface area contributed by atoms with Crippen LogP contribution in [0.5, 0.6) is 0 Å². The predicted octanol–water partition coefficient (Wildman–Crippen LogP) is 2.13. The van der Waals surface area contributed by atoms with E-state index in [1.165, 1.54) is 0 Å². The quantitative estimate of drug-likeness (QED) is 0.855. The average Bonchev–Trinajstić information content (AvgIpc) is 2.46. The number of anilines is 2.